The van der Waals surface area contributed by atoms with Crippen molar-refractivity contribution in [2.75, 3.05) is 10.8 Å². The second-order valence-electron chi connectivity index (χ2n) is 8.49. The maximum Gasteiger partial charge on any atom is 0.264 e. The van der Waals surface area contributed by atoms with Crippen LogP contribution in [-0.2, 0) is 21.4 Å². The summed E-state index contributed by atoms with van der Waals surface area (Å²) in [5.41, 5.74) is 4.90. The first-order valence-corrected chi connectivity index (χ1v) is 12.7. The average molecular weight is 489 g/mol. The van der Waals surface area contributed by atoms with Crippen molar-refractivity contribution in [1.29, 1.82) is 0 Å². The fraction of sp³-hybridized carbons (Fsp3) is 0.185. The first-order chi connectivity index (χ1) is 16.8. The van der Waals surface area contributed by atoms with Crippen molar-refractivity contribution in [1.82, 2.24) is 14.9 Å². The van der Waals surface area contributed by atoms with E-state index in [0.717, 1.165) is 27.9 Å². The number of sulfonamides is 1. The van der Waals surface area contributed by atoms with Gasteiger partial charge < -0.3 is 9.88 Å². The molecule has 0 radical (unpaired) electrons. The largest absolute Gasteiger partial charge is 0.350 e. The number of carbonyl (C=O) groups is 1. The average Bonchev–Trinajstić information content (AvgIpc) is 3.38. The number of anilines is 1. The SMILES string of the molecule is Cc1ccc(S(=O)(=O)N(CC(=O)NCc2ccccc2-n2ccnc2)c2cc(C)ccc2C)cc1. The highest BCUT2D eigenvalue weighted by Gasteiger charge is 2.28. The molecule has 4 aromatic rings. The van der Waals surface area contributed by atoms with Crippen molar-refractivity contribution in [2.24, 2.45) is 0 Å². The predicted octanol–water partition coefficient (Wildman–Crippen LogP) is 4.31. The van der Waals surface area contributed by atoms with Gasteiger partial charge in [-0.25, -0.2) is 13.4 Å². The van der Waals surface area contributed by atoms with Crippen molar-refractivity contribution < 1.29 is 13.2 Å². The molecule has 0 fully saturated rings. The van der Waals surface area contributed by atoms with Crippen molar-refractivity contribution in [3.05, 3.63) is 108 Å². The third kappa shape index (κ3) is 5.44. The Kier molecular flexibility index (Phi) is 7.02. The van der Waals surface area contributed by atoms with Gasteiger partial charge in [-0.1, -0.05) is 48.0 Å². The molecule has 1 amide bonds. The number of rotatable bonds is 8. The lowest BCUT2D eigenvalue weighted by atomic mass is 10.1. The van der Waals surface area contributed by atoms with Gasteiger partial charge in [0, 0.05) is 18.9 Å². The maximum atomic E-state index is 13.7. The lowest BCUT2D eigenvalue weighted by Gasteiger charge is -2.26. The summed E-state index contributed by atoms with van der Waals surface area (Å²) in [7, 11) is -3.97. The number of aromatic nitrogens is 2. The van der Waals surface area contributed by atoms with Gasteiger partial charge >= 0.3 is 0 Å². The third-order valence-corrected chi connectivity index (χ3v) is 7.55. The molecule has 0 aliphatic rings. The Bertz CT molecular complexity index is 1430. The van der Waals surface area contributed by atoms with Crippen LogP contribution in [0, 0.1) is 20.8 Å². The highest BCUT2D eigenvalue weighted by atomic mass is 32.2. The van der Waals surface area contributed by atoms with E-state index < -0.39 is 15.9 Å². The zero-order valence-electron chi connectivity index (χ0n) is 20.0. The molecule has 1 N–H and O–H groups in total. The molecular weight excluding hydrogens is 460 g/mol. The van der Waals surface area contributed by atoms with Crippen LogP contribution >= 0.6 is 0 Å². The number of amides is 1. The van der Waals surface area contributed by atoms with Gasteiger partial charge in [0.15, 0.2) is 0 Å². The van der Waals surface area contributed by atoms with Crippen LogP contribution in [0.3, 0.4) is 0 Å². The van der Waals surface area contributed by atoms with Gasteiger partial charge in [0.2, 0.25) is 5.91 Å². The first kappa shape index (κ1) is 24.2. The summed E-state index contributed by atoms with van der Waals surface area (Å²) in [5.74, 6) is -0.401. The summed E-state index contributed by atoms with van der Waals surface area (Å²) < 4.78 is 30.4. The molecule has 180 valence electrons. The lowest BCUT2D eigenvalue weighted by Crippen LogP contribution is -2.41. The molecule has 1 heterocycles. The topological polar surface area (TPSA) is 84.3 Å². The third-order valence-electron chi connectivity index (χ3n) is 5.78. The number of hydrogen-bond acceptors (Lipinski definition) is 4. The fourth-order valence-corrected chi connectivity index (χ4v) is 5.30. The molecule has 0 spiro atoms. The minimum Gasteiger partial charge on any atom is -0.350 e. The number of nitrogens with one attached hydrogen (secondary N) is 1. The number of imidazole rings is 1. The lowest BCUT2D eigenvalue weighted by molar-refractivity contribution is -0.119. The Hall–Kier alpha value is -3.91. The summed E-state index contributed by atoms with van der Waals surface area (Å²) >= 11 is 0. The van der Waals surface area contributed by atoms with Crippen LogP contribution in [0.25, 0.3) is 5.69 Å². The Morgan fingerprint density at radius 1 is 0.971 bits per heavy atom. The van der Waals surface area contributed by atoms with E-state index >= 15 is 0 Å². The van der Waals surface area contributed by atoms with Crippen LogP contribution in [0.1, 0.15) is 22.3 Å². The molecule has 4 rings (SSSR count). The molecule has 0 atom stereocenters. The summed E-state index contributed by atoms with van der Waals surface area (Å²) in [5, 5.41) is 2.89. The number of carbonyl (C=O) groups excluding carboxylic acids is 1. The molecular formula is C27H28N4O3S. The van der Waals surface area contributed by atoms with Gasteiger partial charge in [0.05, 0.1) is 22.6 Å². The van der Waals surface area contributed by atoms with Crippen molar-refractivity contribution in [2.45, 2.75) is 32.2 Å². The molecule has 8 heteroatoms. The Labute approximate surface area is 206 Å². The van der Waals surface area contributed by atoms with E-state index in [1.165, 1.54) is 4.31 Å². The highest BCUT2D eigenvalue weighted by Crippen LogP contribution is 2.28. The summed E-state index contributed by atoms with van der Waals surface area (Å²) in [4.78, 5) is 17.3. The number of aryl methyl sites for hydroxylation is 3. The standard InChI is InChI=1S/C27H28N4O3S/c1-20-9-12-24(13-10-20)35(33,34)31(26-16-21(2)8-11-22(26)3)18-27(32)29-17-23-6-4-5-7-25(23)30-15-14-28-19-30/h4-16,19H,17-18H2,1-3H3,(H,29,32). The fourth-order valence-electron chi connectivity index (χ4n) is 3.82. The summed E-state index contributed by atoms with van der Waals surface area (Å²) in [6.45, 7) is 5.54. The zero-order valence-corrected chi connectivity index (χ0v) is 20.8. The molecule has 0 aliphatic carbocycles. The smallest absolute Gasteiger partial charge is 0.264 e. The first-order valence-electron chi connectivity index (χ1n) is 11.3. The van der Waals surface area contributed by atoms with E-state index in [-0.39, 0.29) is 18.0 Å². The monoisotopic (exact) mass is 488 g/mol. The Morgan fingerprint density at radius 3 is 2.40 bits per heavy atom. The Balaban J connectivity index is 1.61. The van der Waals surface area contributed by atoms with Gasteiger partial charge in [-0.05, 0) is 61.7 Å². The van der Waals surface area contributed by atoms with Crippen molar-refractivity contribution in [3.63, 3.8) is 0 Å². The molecule has 0 saturated heterocycles. The Morgan fingerprint density at radius 2 is 1.69 bits per heavy atom. The number of benzene rings is 3. The van der Waals surface area contributed by atoms with Crippen LogP contribution in [0.5, 0.6) is 0 Å². The van der Waals surface area contributed by atoms with Gasteiger partial charge in [0.25, 0.3) is 10.0 Å². The predicted molar refractivity (Wildman–Crippen MR) is 137 cm³/mol. The van der Waals surface area contributed by atoms with Crippen LogP contribution in [-0.4, -0.2) is 30.4 Å². The van der Waals surface area contributed by atoms with Crippen LogP contribution in [0.2, 0.25) is 0 Å². The van der Waals surface area contributed by atoms with Crippen LogP contribution < -0.4 is 9.62 Å². The molecule has 3 aromatic carbocycles. The quantitative estimate of drug-likeness (QED) is 0.401. The second kappa shape index (κ2) is 10.1. The minimum absolute atomic E-state index is 0.141. The molecule has 35 heavy (non-hydrogen) atoms. The second-order valence-corrected chi connectivity index (χ2v) is 10.4. The molecule has 0 bridgehead atoms. The number of hydrogen-bond donors (Lipinski definition) is 1. The van der Waals surface area contributed by atoms with Crippen molar-refractivity contribution >= 4 is 21.6 Å². The van der Waals surface area contributed by atoms with Crippen LogP contribution in [0.15, 0.2) is 90.3 Å². The minimum atomic E-state index is -3.97. The number of para-hydroxylation sites is 1. The van der Waals surface area contributed by atoms with E-state index in [4.69, 9.17) is 0 Å². The van der Waals surface area contributed by atoms with Gasteiger partial charge in [-0.3, -0.25) is 9.10 Å². The van der Waals surface area contributed by atoms with Gasteiger partial charge in [-0.2, -0.15) is 0 Å². The summed E-state index contributed by atoms with van der Waals surface area (Å²) in [6, 6.07) is 19.9. The van der Waals surface area contributed by atoms with Crippen molar-refractivity contribution in [3.8, 4) is 5.69 Å². The molecule has 0 aliphatic heterocycles. The van der Waals surface area contributed by atoms with Gasteiger partial charge in [0.1, 0.15) is 6.54 Å². The zero-order chi connectivity index (χ0) is 25.0. The summed E-state index contributed by atoms with van der Waals surface area (Å²) in [6.07, 6.45) is 5.21. The molecule has 0 unspecified atom stereocenters. The normalized spacial score (nSPS) is 11.3. The van der Waals surface area contributed by atoms with E-state index in [0.29, 0.717) is 5.69 Å². The van der Waals surface area contributed by atoms with E-state index in [2.05, 4.69) is 10.3 Å². The van der Waals surface area contributed by atoms with E-state index in [9.17, 15) is 13.2 Å². The number of nitrogens with zero attached hydrogens (tertiary/aromatic N) is 3. The van der Waals surface area contributed by atoms with Crippen LogP contribution in [0.4, 0.5) is 5.69 Å². The maximum absolute atomic E-state index is 13.7. The van der Waals surface area contributed by atoms with E-state index in [1.54, 1.807) is 42.9 Å². The molecule has 1 aromatic heterocycles. The molecule has 0 saturated carbocycles. The van der Waals surface area contributed by atoms with Gasteiger partial charge in [-0.15, -0.1) is 0 Å². The highest BCUT2D eigenvalue weighted by molar-refractivity contribution is 7.92. The molecule has 7 nitrogen and oxygen atoms in total. The van der Waals surface area contributed by atoms with E-state index in [1.807, 2.05) is 67.9 Å².